The summed E-state index contributed by atoms with van der Waals surface area (Å²) in [6, 6.07) is 5.00. The summed E-state index contributed by atoms with van der Waals surface area (Å²) in [7, 11) is 0. The van der Waals surface area contributed by atoms with Crippen LogP contribution in [0.1, 0.15) is 11.6 Å². The van der Waals surface area contributed by atoms with Gasteiger partial charge in [-0.2, -0.15) is 0 Å². The van der Waals surface area contributed by atoms with Crippen LogP contribution >= 0.6 is 11.8 Å². The Balaban J connectivity index is 1.99. The molecule has 1 aromatic heterocycles. The SMILES string of the molecule is NC(CSc1ncccn1)c1ccc(F)c(F)c1. The third kappa shape index (κ3) is 3.24. The van der Waals surface area contributed by atoms with Crippen LogP contribution in [0.3, 0.4) is 0 Å². The van der Waals surface area contributed by atoms with Crippen molar-refractivity contribution in [2.24, 2.45) is 5.73 Å². The first-order valence-electron chi connectivity index (χ1n) is 5.27. The van der Waals surface area contributed by atoms with Gasteiger partial charge in [0.2, 0.25) is 0 Å². The zero-order valence-electron chi connectivity index (χ0n) is 9.38. The zero-order valence-corrected chi connectivity index (χ0v) is 10.2. The van der Waals surface area contributed by atoms with Crippen molar-refractivity contribution in [1.29, 1.82) is 0 Å². The van der Waals surface area contributed by atoms with Crippen LogP contribution in [0.15, 0.2) is 41.8 Å². The van der Waals surface area contributed by atoms with Gasteiger partial charge in [-0.3, -0.25) is 0 Å². The molecule has 94 valence electrons. The lowest BCUT2D eigenvalue weighted by atomic mass is 10.1. The first-order valence-corrected chi connectivity index (χ1v) is 6.25. The van der Waals surface area contributed by atoms with Crippen LogP contribution in [-0.4, -0.2) is 15.7 Å². The summed E-state index contributed by atoms with van der Waals surface area (Å²) in [4.78, 5) is 8.08. The molecule has 3 nitrogen and oxygen atoms in total. The number of benzene rings is 1. The van der Waals surface area contributed by atoms with E-state index in [0.717, 1.165) is 12.1 Å². The number of rotatable bonds is 4. The van der Waals surface area contributed by atoms with Gasteiger partial charge in [-0.25, -0.2) is 18.7 Å². The van der Waals surface area contributed by atoms with Crippen LogP contribution in [0.4, 0.5) is 8.78 Å². The van der Waals surface area contributed by atoms with Gasteiger partial charge in [0.1, 0.15) is 0 Å². The van der Waals surface area contributed by atoms with Gasteiger partial charge < -0.3 is 5.73 Å². The molecule has 1 atom stereocenters. The minimum absolute atomic E-state index is 0.395. The van der Waals surface area contributed by atoms with Crippen molar-refractivity contribution in [2.75, 3.05) is 5.75 Å². The van der Waals surface area contributed by atoms with Gasteiger partial charge >= 0.3 is 0 Å². The van der Waals surface area contributed by atoms with Gasteiger partial charge in [-0.1, -0.05) is 17.8 Å². The van der Waals surface area contributed by atoms with E-state index >= 15 is 0 Å². The maximum absolute atomic E-state index is 13.0. The molecule has 0 bridgehead atoms. The second-order valence-corrected chi connectivity index (χ2v) is 4.61. The lowest BCUT2D eigenvalue weighted by Gasteiger charge is -2.11. The second kappa shape index (κ2) is 5.88. The highest BCUT2D eigenvalue weighted by atomic mass is 32.2. The molecule has 2 rings (SSSR count). The molecule has 0 spiro atoms. The Hall–Kier alpha value is -1.53. The van der Waals surface area contributed by atoms with Crippen molar-refractivity contribution >= 4 is 11.8 Å². The highest BCUT2D eigenvalue weighted by Crippen LogP contribution is 2.21. The maximum Gasteiger partial charge on any atom is 0.187 e. The number of aromatic nitrogens is 2. The smallest absolute Gasteiger partial charge is 0.187 e. The highest BCUT2D eigenvalue weighted by molar-refractivity contribution is 7.99. The Morgan fingerprint density at radius 2 is 1.89 bits per heavy atom. The second-order valence-electron chi connectivity index (χ2n) is 3.62. The summed E-state index contributed by atoms with van der Waals surface area (Å²) in [5.41, 5.74) is 6.45. The van der Waals surface area contributed by atoms with Gasteiger partial charge in [0, 0.05) is 24.2 Å². The topological polar surface area (TPSA) is 51.8 Å². The van der Waals surface area contributed by atoms with Crippen molar-refractivity contribution in [3.05, 3.63) is 53.9 Å². The third-order valence-corrected chi connectivity index (χ3v) is 3.30. The van der Waals surface area contributed by atoms with E-state index in [0.29, 0.717) is 16.5 Å². The van der Waals surface area contributed by atoms with E-state index in [-0.39, 0.29) is 0 Å². The molecule has 1 heterocycles. The molecule has 0 saturated carbocycles. The third-order valence-electron chi connectivity index (χ3n) is 2.31. The summed E-state index contributed by atoms with van der Waals surface area (Å²) in [5.74, 6) is -1.26. The van der Waals surface area contributed by atoms with Gasteiger partial charge in [0.05, 0.1) is 0 Å². The number of nitrogens with two attached hydrogens (primary N) is 1. The van der Waals surface area contributed by atoms with Gasteiger partial charge in [-0.05, 0) is 23.8 Å². The van der Waals surface area contributed by atoms with Crippen molar-refractivity contribution in [3.8, 4) is 0 Å². The zero-order chi connectivity index (χ0) is 13.0. The minimum atomic E-state index is -0.885. The van der Waals surface area contributed by atoms with Crippen molar-refractivity contribution < 1.29 is 8.78 Å². The Labute approximate surface area is 107 Å². The average molecular weight is 267 g/mol. The van der Waals surface area contributed by atoms with Gasteiger partial charge in [0.15, 0.2) is 16.8 Å². The van der Waals surface area contributed by atoms with E-state index in [1.165, 1.54) is 17.8 Å². The molecule has 0 radical (unpaired) electrons. The number of halogens is 2. The molecule has 0 aliphatic carbocycles. The highest BCUT2D eigenvalue weighted by Gasteiger charge is 2.10. The molecular formula is C12H11F2N3S. The molecule has 1 unspecified atom stereocenters. The Kier molecular flexibility index (Phi) is 4.22. The molecule has 0 amide bonds. The van der Waals surface area contributed by atoms with Crippen LogP contribution < -0.4 is 5.73 Å². The van der Waals surface area contributed by atoms with E-state index in [4.69, 9.17) is 5.73 Å². The quantitative estimate of drug-likeness (QED) is 0.683. The number of nitrogens with zero attached hydrogens (tertiary/aromatic N) is 2. The van der Waals surface area contributed by atoms with Crippen molar-refractivity contribution in [1.82, 2.24) is 9.97 Å². The van der Waals surface area contributed by atoms with Crippen LogP contribution in [0.2, 0.25) is 0 Å². The Morgan fingerprint density at radius 3 is 2.56 bits per heavy atom. The fourth-order valence-corrected chi connectivity index (χ4v) is 2.16. The summed E-state index contributed by atoms with van der Waals surface area (Å²) >= 11 is 1.37. The van der Waals surface area contributed by atoms with E-state index in [2.05, 4.69) is 9.97 Å². The largest absolute Gasteiger partial charge is 0.323 e. The monoisotopic (exact) mass is 267 g/mol. The fraction of sp³-hybridized carbons (Fsp3) is 0.167. The van der Waals surface area contributed by atoms with Gasteiger partial charge in [-0.15, -0.1) is 0 Å². The summed E-state index contributed by atoms with van der Waals surface area (Å²) in [5, 5.41) is 0.607. The fourth-order valence-electron chi connectivity index (χ4n) is 1.36. The molecule has 18 heavy (non-hydrogen) atoms. The molecule has 0 fully saturated rings. The molecule has 0 aliphatic heterocycles. The molecule has 2 aromatic rings. The first kappa shape index (κ1) is 12.9. The number of hydrogen-bond donors (Lipinski definition) is 1. The summed E-state index contributed by atoms with van der Waals surface area (Å²) < 4.78 is 25.8. The van der Waals surface area contributed by atoms with E-state index in [9.17, 15) is 8.78 Å². The van der Waals surface area contributed by atoms with E-state index in [1.807, 2.05) is 0 Å². The van der Waals surface area contributed by atoms with Crippen molar-refractivity contribution in [2.45, 2.75) is 11.2 Å². The molecule has 2 N–H and O–H groups in total. The van der Waals surface area contributed by atoms with Crippen LogP contribution in [0, 0.1) is 11.6 Å². The van der Waals surface area contributed by atoms with Crippen molar-refractivity contribution in [3.63, 3.8) is 0 Å². The predicted molar refractivity (Wildman–Crippen MR) is 66.0 cm³/mol. The predicted octanol–water partition coefficient (Wildman–Crippen LogP) is 2.55. The normalized spacial score (nSPS) is 12.4. The Morgan fingerprint density at radius 1 is 1.17 bits per heavy atom. The standard InChI is InChI=1S/C12H11F2N3S/c13-9-3-2-8(6-10(9)14)11(15)7-18-12-16-4-1-5-17-12/h1-6,11H,7,15H2. The molecule has 0 saturated heterocycles. The van der Waals surface area contributed by atoms with Crippen LogP contribution in [0.25, 0.3) is 0 Å². The molecule has 6 heteroatoms. The molecule has 1 aromatic carbocycles. The van der Waals surface area contributed by atoms with E-state index in [1.54, 1.807) is 18.5 Å². The lowest BCUT2D eigenvalue weighted by Crippen LogP contribution is -2.13. The lowest BCUT2D eigenvalue weighted by molar-refractivity contribution is 0.506. The average Bonchev–Trinajstić information content (AvgIpc) is 2.40. The first-order chi connectivity index (χ1) is 8.66. The van der Waals surface area contributed by atoms with E-state index < -0.39 is 17.7 Å². The number of thioether (sulfide) groups is 1. The molecule has 0 aliphatic rings. The van der Waals surface area contributed by atoms with Gasteiger partial charge in [0.25, 0.3) is 0 Å². The Bertz CT molecular complexity index is 522. The summed E-state index contributed by atoms with van der Waals surface area (Å²) in [6.07, 6.45) is 3.27. The maximum atomic E-state index is 13.0. The summed E-state index contributed by atoms with van der Waals surface area (Å²) in [6.45, 7) is 0. The minimum Gasteiger partial charge on any atom is -0.323 e. The molecular weight excluding hydrogens is 256 g/mol. The van der Waals surface area contributed by atoms with Crippen LogP contribution in [0.5, 0.6) is 0 Å². The van der Waals surface area contributed by atoms with Crippen LogP contribution in [-0.2, 0) is 0 Å². The number of hydrogen-bond acceptors (Lipinski definition) is 4.